The summed E-state index contributed by atoms with van der Waals surface area (Å²) in [5.41, 5.74) is 2.10. The molecule has 1 N–H and O–H groups in total. The van der Waals surface area contributed by atoms with Crippen molar-refractivity contribution in [1.29, 1.82) is 0 Å². The molecule has 0 saturated heterocycles. The number of methoxy groups -OCH3 is 1. The molecule has 0 heterocycles. The molecule has 82 valence electrons. The van der Waals surface area contributed by atoms with E-state index < -0.39 is 0 Å². The largest absolute Gasteiger partial charge is 0.496 e. The first kappa shape index (κ1) is 10.5. The van der Waals surface area contributed by atoms with Gasteiger partial charge >= 0.3 is 0 Å². The van der Waals surface area contributed by atoms with Crippen LogP contribution in [0.5, 0.6) is 5.75 Å². The van der Waals surface area contributed by atoms with Gasteiger partial charge in [-0.2, -0.15) is 0 Å². The van der Waals surface area contributed by atoms with E-state index in [4.69, 9.17) is 4.74 Å². The fourth-order valence-corrected chi connectivity index (χ4v) is 2.05. The molecule has 0 spiro atoms. The van der Waals surface area contributed by atoms with Crippen LogP contribution in [0.3, 0.4) is 0 Å². The summed E-state index contributed by atoms with van der Waals surface area (Å²) in [5, 5.41) is 10.1. The highest BCUT2D eigenvalue weighted by molar-refractivity contribution is 5.37. The van der Waals surface area contributed by atoms with Crippen LogP contribution in [-0.2, 0) is 0 Å². The van der Waals surface area contributed by atoms with Gasteiger partial charge in [-0.05, 0) is 42.9 Å². The Morgan fingerprint density at radius 2 is 2.13 bits per heavy atom. The Bertz CT molecular complexity index is 342. The molecule has 1 aromatic rings. The zero-order valence-electron chi connectivity index (χ0n) is 9.36. The molecule has 0 aromatic heterocycles. The Morgan fingerprint density at radius 3 is 2.67 bits per heavy atom. The Hall–Kier alpha value is -1.02. The summed E-state index contributed by atoms with van der Waals surface area (Å²) >= 11 is 0. The Balaban J connectivity index is 2.20. The second-order valence-corrected chi connectivity index (χ2v) is 4.36. The summed E-state index contributed by atoms with van der Waals surface area (Å²) in [6, 6.07) is 5.97. The van der Waals surface area contributed by atoms with Crippen LogP contribution in [0, 0.1) is 12.8 Å². The number of ether oxygens (including phenoxy) is 1. The number of aliphatic hydroxyl groups is 1. The van der Waals surface area contributed by atoms with Crippen LogP contribution < -0.4 is 4.74 Å². The van der Waals surface area contributed by atoms with E-state index in [0.29, 0.717) is 5.92 Å². The maximum atomic E-state index is 10.1. The van der Waals surface area contributed by atoms with E-state index in [1.165, 1.54) is 6.42 Å². The average molecular weight is 206 g/mol. The van der Waals surface area contributed by atoms with Crippen molar-refractivity contribution in [3.8, 4) is 5.75 Å². The maximum Gasteiger partial charge on any atom is 0.122 e. The van der Waals surface area contributed by atoms with Gasteiger partial charge in [0.25, 0.3) is 0 Å². The number of aryl methyl sites for hydroxylation is 1. The minimum absolute atomic E-state index is 0.312. The fraction of sp³-hybridized carbons (Fsp3) is 0.538. The molecular weight excluding hydrogens is 188 g/mol. The lowest BCUT2D eigenvalue weighted by molar-refractivity contribution is 0.0619. The van der Waals surface area contributed by atoms with Gasteiger partial charge in [0.15, 0.2) is 0 Å². The third-order valence-electron chi connectivity index (χ3n) is 3.37. The number of rotatable bonds is 3. The smallest absolute Gasteiger partial charge is 0.122 e. The summed E-state index contributed by atoms with van der Waals surface area (Å²) in [5.74, 6) is 1.32. The minimum atomic E-state index is -0.312. The topological polar surface area (TPSA) is 29.5 Å². The molecule has 2 rings (SSSR count). The third kappa shape index (κ3) is 2.00. The lowest BCUT2D eigenvalue weighted by Gasteiger charge is -2.30. The van der Waals surface area contributed by atoms with E-state index in [0.717, 1.165) is 29.7 Å². The van der Waals surface area contributed by atoms with Crippen molar-refractivity contribution < 1.29 is 9.84 Å². The van der Waals surface area contributed by atoms with Crippen LogP contribution in [0.15, 0.2) is 18.2 Å². The molecule has 1 aliphatic carbocycles. The van der Waals surface area contributed by atoms with Gasteiger partial charge < -0.3 is 9.84 Å². The number of aliphatic hydroxyl groups excluding tert-OH is 1. The molecule has 1 atom stereocenters. The Labute approximate surface area is 90.9 Å². The minimum Gasteiger partial charge on any atom is -0.496 e. The number of hydrogen-bond donors (Lipinski definition) is 1. The molecule has 0 aliphatic heterocycles. The van der Waals surface area contributed by atoms with Gasteiger partial charge in [-0.3, -0.25) is 0 Å². The molecule has 15 heavy (non-hydrogen) atoms. The number of hydrogen-bond acceptors (Lipinski definition) is 2. The lowest BCUT2D eigenvalue weighted by atomic mass is 9.78. The van der Waals surface area contributed by atoms with Crippen molar-refractivity contribution in [2.45, 2.75) is 32.3 Å². The highest BCUT2D eigenvalue weighted by Gasteiger charge is 2.26. The van der Waals surface area contributed by atoms with Crippen LogP contribution in [0.25, 0.3) is 0 Å². The van der Waals surface area contributed by atoms with E-state index in [9.17, 15) is 5.11 Å². The van der Waals surface area contributed by atoms with Gasteiger partial charge in [-0.15, -0.1) is 0 Å². The van der Waals surface area contributed by atoms with Crippen LogP contribution in [0.4, 0.5) is 0 Å². The summed E-state index contributed by atoms with van der Waals surface area (Å²) in [6.07, 6.45) is 3.24. The van der Waals surface area contributed by atoms with Gasteiger partial charge in [0, 0.05) is 0 Å². The molecule has 1 aromatic carbocycles. The SMILES string of the molecule is COc1cc(C(O)C2CCC2)ccc1C. The van der Waals surface area contributed by atoms with Gasteiger partial charge in [0.2, 0.25) is 0 Å². The van der Waals surface area contributed by atoms with Crippen molar-refractivity contribution >= 4 is 0 Å². The predicted octanol–water partition coefficient (Wildman–Crippen LogP) is 2.84. The van der Waals surface area contributed by atoms with Gasteiger partial charge in [0.05, 0.1) is 13.2 Å². The Morgan fingerprint density at radius 1 is 1.40 bits per heavy atom. The summed E-state index contributed by atoms with van der Waals surface area (Å²) in [7, 11) is 1.67. The first-order valence-electron chi connectivity index (χ1n) is 5.55. The standard InChI is InChI=1S/C13H18O2/c1-9-6-7-11(8-12(9)15-2)13(14)10-4-3-5-10/h6-8,10,13-14H,3-5H2,1-2H3. The molecule has 1 unspecified atom stereocenters. The highest BCUT2D eigenvalue weighted by atomic mass is 16.5. The molecular formula is C13H18O2. The molecule has 2 heteroatoms. The average Bonchev–Trinajstić information content (AvgIpc) is 2.15. The molecule has 1 saturated carbocycles. The summed E-state index contributed by atoms with van der Waals surface area (Å²) < 4.78 is 5.26. The van der Waals surface area contributed by atoms with Crippen molar-refractivity contribution in [2.75, 3.05) is 7.11 Å². The zero-order valence-corrected chi connectivity index (χ0v) is 9.36. The normalized spacial score (nSPS) is 18.3. The quantitative estimate of drug-likeness (QED) is 0.824. The van der Waals surface area contributed by atoms with Crippen molar-refractivity contribution in [1.82, 2.24) is 0 Å². The van der Waals surface area contributed by atoms with E-state index in [2.05, 4.69) is 0 Å². The van der Waals surface area contributed by atoms with E-state index in [1.807, 2.05) is 25.1 Å². The van der Waals surface area contributed by atoms with Crippen LogP contribution in [-0.4, -0.2) is 12.2 Å². The number of benzene rings is 1. The highest BCUT2D eigenvalue weighted by Crippen LogP contribution is 2.38. The first-order chi connectivity index (χ1) is 7.22. The molecule has 2 nitrogen and oxygen atoms in total. The van der Waals surface area contributed by atoms with Crippen molar-refractivity contribution in [3.63, 3.8) is 0 Å². The first-order valence-corrected chi connectivity index (χ1v) is 5.55. The van der Waals surface area contributed by atoms with E-state index in [-0.39, 0.29) is 6.10 Å². The molecule has 1 fully saturated rings. The van der Waals surface area contributed by atoms with E-state index >= 15 is 0 Å². The summed E-state index contributed by atoms with van der Waals surface area (Å²) in [4.78, 5) is 0. The van der Waals surface area contributed by atoms with Gasteiger partial charge in [-0.1, -0.05) is 18.6 Å². The zero-order chi connectivity index (χ0) is 10.8. The predicted molar refractivity (Wildman–Crippen MR) is 60.0 cm³/mol. The molecule has 1 aliphatic rings. The second kappa shape index (κ2) is 4.23. The monoisotopic (exact) mass is 206 g/mol. The Kier molecular flexibility index (Phi) is 2.96. The maximum absolute atomic E-state index is 10.1. The second-order valence-electron chi connectivity index (χ2n) is 4.36. The van der Waals surface area contributed by atoms with Crippen LogP contribution in [0.2, 0.25) is 0 Å². The van der Waals surface area contributed by atoms with Gasteiger partial charge in [0.1, 0.15) is 5.75 Å². The molecule has 0 radical (unpaired) electrons. The third-order valence-corrected chi connectivity index (χ3v) is 3.37. The summed E-state index contributed by atoms with van der Waals surface area (Å²) in [6.45, 7) is 2.01. The lowest BCUT2D eigenvalue weighted by Crippen LogP contribution is -2.19. The molecule has 0 amide bonds. The van der Waals surface area contributed by atoms with Crippen LogP contribution in [0.1, 0.15) is 36.5 Å². The molecule has 0 bridgehead atoms. The van der Waals surface area contributed by atoms with Gasteiger partial charge in [-0.25, -0.2) is 0 Å². The van der Waals surface area contributed by atoms with Crippen LogP contribution >= 0.6 is 0 Å². The van der Waals surface area contributed by atoms with Crippen molar-refractivity contribution in [2.24, 2.45) is 5.92 Å². The van der Waals surface area contributed by atoms with Crippen molar-refractivity contribution in [3.05, 3.63) is 29.3 Å². The fourth-order valence-electron chi connectivity index (χ4n) is 2.05. The van der Waals surface area contributed by atoms with E-state index in [1.54, 1.807) is 7.11 Å².